The van der Waals surface area contributed by atoms with Gasteiger partial charge in [-0.05, 0) is 25.2 Å². The predicted molar refractivity (Wildman–Crippen MR) is 50.0 cm³/mol. The van der Waals surface area contributed by atoms with Crippen molar-refractivity contribution in [1.82, 2.24) is 0 Å². The first-order valence-corrected chi connectivity index (χ1v) is 4.91. The zero-order chi connectivity index (χ0) is 10.2. The Bertz CT molecular complexity index is 329. The maximum atomic E-state index is 11.6. The molecule has 0 aromatic rings. The zero-order valence-electron chi connectivity index (χ0n) is 8.19. The van der Waals surface area contributed by atoms with Gasteiger partial charge < -0.3 is 4.74 Å². The third-order valence-corrected chi connectivity index (χ3v) is 3.43. The number of esters is 1. The molecule has 3 nitrogen and oxygen atoms in total. The highest BCUT2D eigenvalue weighted by molar-refractivity contribution is 5.81. The van der Waals surface area contributed by atoms with Gasteiger partial charge in [0.25, 0.3) is 0 Å². The minimum Gasteiger partial charge on any atom is -0.468 e. The molecule has 0 heterocycles. The van der Waals surface area contributed by atoms with Crippen molar-refractivity contribution in [3.8, 4) is 6.07 Å². The van der Waals surface area contributed by atoms with Crippen LogP contribution in [0.1, 0.15) is 19.3 Å². The summed E-state index contributed by atoms with van der Waals surface area (Å²) in [7, 11) is 1.35. The summed E-state index contributed by atoms with van der Waals surface area (Å²) in [5.74, 6) is 0.0859. The maximum Gasteiger partial charge on any atom is 0.326 e. The van der Waals surface area contributed by atoms with Gasteiger partial charge in [0.1, 0.15) is 0 Å². The summed E-state index contributed by atoms with van der Waals surface area (Å²) in [6.07, 6.45) is 6.81. The molecular formula is C11H13NO2. The van der Waals surface area contributed by atoms with Crippen molar-refractivity contribution in [2.75, 3.05) is 7.11 Å². The Balaban J connectivity index is 2.36. The van der Waals surface area contributed by atoms with Gasteiger partial charge in [-0.3, -0.25) is 4.79 Å². The Morgan fingerprint density at radius 1 is 1.57 bits per heavy atom. The highest BCUT2D eigenvalue weighted by atomic mass is 16.5. The smallest absolute Gasteiger partial charge is 0.326 e. The monoisotopic (exact) mass is 191 g/mol. The molecule has 3 heteroatoms. The van der Waals surface area contributed by atoms with Gasteiger partial charge in [0.2, 0.25) is 0 Å². The van der Waals surface area contributed by atoms with E-state index in [-0.39, 0.29) is 11.9 Å². The lowest BCUT2D eigenvalue weighted by Crippen LogP contribution is -2.44. The molecular weight excluding hydrogens is 178 g/mol. The SMILES string of the molecule is COC(=O)C1(C#N)CC2C=CC1CC2. The second-order valence-corrected chi connectivity index (χ2v) is 4.11. The molecule has 0 aromatic heterocycles. The number of hydrogen-bond donors (Lipinski definition) is 0. The number of rotatable bonds is 1. The largest absolute Gasteiger partial charge is 0.468 e. The van der Waals surface area contributed by atoms with E-state index in [2.05, 4.69) is 12.1 Å². The van der Waals surface area contributed by atoms with Crippen molar-refractivity contribution in [2.24, 2.45) is 17.3 Å². The zero-order valence-corrected chi connectivity index (χ0v) is 8.19. The molecule has 0 N–H and O–H groups in total. The van der Waals surface area contributed by atoms with Crippen LogP contribution < -0.4 is 0 Å². The van der Waals surface area contributed by atoms with Crippen LogP contribution in [0.5, 0.6) is 0 Å². The van der Waals surface area contributed by atoms with Crippen LogP contribution in [-0.4, -0.2) is 13.1 Å². The standard InChI is InChI=1S/C11H13NO2/c1-14-10(13)11(7-12)6-8-2-4-9(11)5-3-8/h2,4,8-9H,3,5-6H2,1H3. The molecule has 74 valence electrons. The quantitative estimate of drug-likeness (QED) is 0.467. The van der Waals surface area contributed by atoms with Gasteiger partial charge >= 0.3 is 5.97 Å². The summed E-state index contributed by atoms with van der Waals surface area (Å²) in [6, 6.07) is 2.17. The molecule has 0 spiro atoms. The topological polar surface area (TPSA) is 50.1 Å². The molecule has 0 radical (unpaired) electrons. The summed E-state index contributed by atoms with van der Waals surface area (Å²) in [5, 5.41) is 9.18. The van der Waals surface area contributed by atoms with Gasteiger partial charge in [0.05, 0.1) is 13.2 Å². The number of carbonyl (C=O) groups is 1. The molecule has 3 aliphatic rings. The summed E-state index contributed by atoms with van der Waals surface area (Å²) < 4.78 is 4.74. The number of nitrogens with zero attached hydrogens (tertiary/aromatic N) is 1. The van der Waals surface area contributed by atoms with E-state index in [4.69, 9.17) is 4.74 Å². The van der Waals surface area contributed by atoms with Gasteiger partial charge in [0.15, 0.2) is 5.41 Å². The fraction of sp³-hybridized carbons (Fsp3) is 0.636. The Hall–Kier alpha value is -1.30. The van der Waals surface area contributed by atoms with E-state index in [1.54, 1.807) is 0 Å². The van der Waals surface area contributed by atoms with Crippen molar-refractivity contribution in [1.29, 1.82) is 5.26 Å². The summed E-state index contributed by atoms with van der Waals surface area (Å²) in [6.45, 7) is 0. The fourth-order valence-electron chi connectivity index (χ4n) is 2.61. The molecule has 3 unspecified atom stereocenters. The third-order valence-electron chi connectivity index (χ3n) is 3.43. The Morgan fingerprint density at radius 3 is 2.71 bits per heavy atom. The third kappa shape index (κ3) is 1.07. The van der Waals surface area contributed by atoms with E-state index in [9.17, 15) is 10.1 Å². The van der Waals surface area contributed by atoms with Gasteiger partial charge in [-0.25, -0.2) is 0 Å². The van der Waals surface area contributed by atoms with E-state index in [0.29, 0.717) is 12.3 Å². The summed E-state index contributed by atoms with van der Waals surface area (Å²) >= 11 is 0. The Morgan fingerprint density at radius 2 is 2.36 bits per heavy atom. The van der Waals surface area contributed by atoms with E-state index in [1.165, 1.54) is 7.11 Å². The van der Waals surface area contributed by atoms with Crippen LogP contribution >= 0.6 is 0 Å². The lowest BCUT2D eigenvalue weighted by Gasteiger charge is -2.41. The summed E-state index contributed by atoms with van der Waals surface area (Å²) in [5.41, 5.74) is -0.896. The minimum atomic E-state index is -0.896. The van der Waals surface area contributed by atoms with Crippen LogP contribution in [-0.2, 0) is 9.53 Å². The predicted octanol–water partition coefficient (Wildman–Crippen LogP) is 1.66. The van der Waals surface area contributed by atoms with Crippen LogP contribution in [0.4, 0.5) is 0 Å². The maximum absolute atomic E-state index is 11.6. The summed E-state index contributed by atoms with van der Waals surface area (Å²) in [4.78, 5) is 11.6. The highest BCUT2D eigenvalue weighted by Crippen LogP contribution is 2.49. The number of methoxy groups -OCH3 is 1. The van der Waals surface area contributed by atoms with Crippen LogP contribution in [0.25, 0.3) is 0 Å². The van der Waals surface area contributed by atoms with Crippen molar-refractivity contribution in [2.45, 2.75) is 19.3 Å². The van der Waals surface area contributed by atoms with Crippen LogP contribution in [0, 0.1) is 28.6 Å². The second kappa shape index (κ2) is 3.13. The first-order chi connectivity index (χ1) is 6.73. The second-order valence-electron chi connectivity index (χ2n) is 4.11. The Kier molecular flexibility index (Phi) is 2.07. The van der Waals surface area contributed by atoms with Gasteiger partial charge in [0, 0.05) is 5.92 Å². The molecule has 1 saturated carbocycles. The average Bonchev–Trinajstić information content (AvgIpc) is 2.29. The molecule has 0 aromatic carbocycles. The van der Waals surface area contributed by atoms with Crippen molar-refractivity contribution >= 4 is 5.97 Å². The van der Waals surface area contributed by atoms with E-state index < -0.39 is 5.41 Å². The molecule has 14 heavy (non-hydrogen) atoms. The Labute approximate surface area is 83.4 Å². The van der Waals surface area contributed by atoms with E-state index in [0.717, 1.165) is 12.8 Å². The number of fused-ring (bicyclic) bond motifs is 2. The molecule has 0 aliphatic heterocycles. The number of carbonyl (C=O) groups excluding carboxylic acids is 1. The molecule has 3 atom stereocenters. The van der Waals surface area contributed by atoms with Crippen molar-refractivity contribution in [3.63, 3.8) is 0 Å². The first kappa shape index (κ1) is 9.26. The molecule has 3 aliphatic carbocycles. The van der Waals surface area contributed by atoms with Crippen LogP contribution in [0.3, 0.4) is 0 Å². The van der Waals surface area contributed by atoms with Gasteiger partial charge in [-0.1, -0.05) is 12.2 Å². The normalized spacial score (nSPS) is 39.1. The lowest BCUT2D eigenvalue weighted by atomic mass is 9.60. The fourth-order valence-corrected chi connectivity index (χ4v) is 2.61. The van der Waals surface area contributed by atoms with Gasteiger partial charge in [-0.15, -0.1) is 0 Å². The number of nitriles is 1. The highest BCUT2D eigenvalue weighted by Gasteiger charge is 2.51. The molecule has 0 amide bonds. The first-order valence-electron chi connectivity index (χ1n) is 4.91. The van der Waals surface area contributed by atoms with Crippen molar-refractivity contribution < 1.29 is 9.53 Å². The molecule has 1 fully saturated rings. The number of ether oxygens (including phenoxy) is 1. The molecule has 0 saturated heterocycles. The van der Waals surface area contributed by atoms with Crippen molar-refractivity contribution in [3.05, 3.63) is 12.2 Å². The van der Waals surface area contributed by atoms with Crippen LogP contribution in [0.2, 0.25) is 0 Å². The lowest BCUT2D eigenvalue weighted by molar-refractivity contribution is -0.154. The minimum absolute atomic E-state index is 0.0601. The van der Waals surface area contributed by atoms with E-state index >= 15 is 0 Å². The van der Waals surface area contributed by atoms with Gasteiger partial charge in [-0.2, -0.15) is 5.26 Å². The number of hydrogen-bond acceptors (Lipinski definition) is 3. The average molecular weight is 191 g/mol. The molecule has 2 bridgehead atoms. The van der Waals surface area contributed by atoms with E-state index in [1.807, 2.05) is 6.08 Å². The van der Waals surface area contributed by atoms with Crippen LogP contribution in [0.15, 0.2) is 12.2 Å². The molecule has 3 rings (SSSR count). The number of allylic oxidation sites excluding steroid dienone is 2.